The van der Waals surface area contributed by atoms with Crippen LogP contribution in [0.5, 0.6) is 0 Å². The lowest BCUT2D eigenvalue weighted by atomic mass is 9.98. The first-order chi connectivity index (χ1) is 11.1. The molecule has 0 saturated carbocycles. The van der Waals surface area contributed by atoms with Crippen LogP contribution in [0.1, 0.15) is 34.6 Å². The second-order valence-electron chi connectivity index (χ2n) is 5.20. The second-order valence-corrected chi connectivity index (χ2v) is 5.20. The largest absolute Gasteiger partial charge is 0.456 e. The summed E-state index contributed by atoms with van der Waals surface area (Å²) in [5.74, 6) is -2.64. The standard InChI is InChI=1S/C14H21NO9/c1-6-11(21-7(2)16)12(22-8(3)17)13(23-9(4)18)14(20-6)15-24-10(5)19/h6,11-15H,1-5H3. The average Bonchev–Trinajstić information content (AvgIpc) is 2.42. The first kappa shape index (κ1) is 19.8. The van der Waals surface area contributed by atoms with E-state index < -0.39 is 54.5 Å². The van der Waals surface area contributed by atoms with Crippen molar-refractivity contribution in [1.82, 2.24) is 5.48 Å². The predicted octanol–water partition coefficient (Wildman–Crippen LogP) is -0.406. The molecular formula is C14H21NO9. The molecule has 10 nitrogen and oxygen atoms in total. The number of hydrogen-bond donors (Lipinski definition) is 1. The Kier molecular flexibility index (Phi) is 7.11. The number of nitrogens with one attached hydrogen (secondary N) is 1. The quantitative estimate of drug-likeness (QED) is 0.398. The Balaban J connectivity index is 3.11. The highest BCUT2D eigenvalue weighted by Gasteiger charge is 2.50. The van der Waals surface area contributed by atoms with Gasteiger partial charge in [0, 0.05) is 27.7 Å². The predicted molar refractivity (Wildman–Crippen MR) is 75.9 cm³/mol. The van der Waals surface area contributed by atoms with Gasteiger partial charge in [-0.25, -0.2) is 0 Å². The summed E-state index contributed by atoms with van der Waals surface area (Å²) in [5.41, 5.74) is 2.30. The Hall–Kier alpha value is -2.20. The lowest BCUT2D eigenvalue weighted by Crippen LogP contribution is -2.64. The number of rotatable bonds is 5. The smallest absolute Gasteiger partial charge is 0.321 e. The minimum absolute atomic E-state index is 0.624. The zero-order valence-electron chi connectivity index (χ0n) is 14.1. The van der Waals surface area contributed by atoms with E-state index >= 15 is 0 Å². The summed E-state index contributed by atoms with van der Waals surface area (Å²) < 4.78 is 21.0. The maximum absolute atomic E-state index is 11.4. The maximum Gasteiger partial charge on any atom is 0.321 e. The summed E-state index contributed by atoms with van der Waals surface area (Å²) in [6.07, 6.45) is -5.22. The molecule has 0 bridgehead atoms. The molecule has 0 aromatic rings. The third-order valence-electron chi connectivity index (χ3n) is 2.99. The summed E-state index contributed by atoms with van der Waals surface area (Å²) in [4.78, 5) is 49.7. The fraction of sp³-hybridized carbons (Fsp3) is 0.714. The monoisotopic (exact) mass is 347 g/mol. The van der Waals surface area contributed by atoms with Gasteiger partial charge in [0.25, 0.3) is 0 Å². The van der Waals surface area contributed by atoms with E-state index in [4.69, 9.17) is 18.9 Å². The van der Waals surface area contributed by atoms with Gasteiger partial charge >= 0.3 is 23.9 Å². The number of esters is 3. The van der Waals surface area contributed by atoms with Crippen LogP contribution in [0, 0.1) is 0 Å². The van der Waals surface area contributed by atoms with Gasteiger partial charge in [-0.3, -0.25) is 19.2 Å². The normalized spacial score (nSPS) is 29.3. The van der Waals surface area contributed by atoms with Crippen LogP contribution < -0.4 is 5.48 Å². The molecule has 0 radical (unpaired) electrons. The van der Waals surface area contributed by atoms with Crippen molar-refractivity contribution >= 4 is 23.9 Å². The molecule has 0 amide bonds. The van der Waals surface area contributed by atoms with Gasteiger partial charge in [0.15, 0.2) is 24.5 Å². The lowest BCUT2D eigenvalue weighted by Gasteiger charge is -2.43. The van der Waals surface area contributed by atoms with Crippen LogP contribution in [-0.2, 0) is 43.0 Å². The molecular weight excluding hydrogens is 326 g/mol. The van der Waals surface area contributed by atoms with Gasteiger partial charge in [0.2, 0.25) is 0 Å². The lowest BCUT2D eigenvalue weighted by molar-refractivity contribution is -0.264. The Morgan fingerprint density at radius 1 is 0.750 bits per heavy atom. The molecule has 1 fully saturated rings. The topological polar surface area (TPSA) is 126 Å². The number of ether oxygens (including phenoxy) is 4. The van der Waals surface area contributed by atoms with E-state index in [1.54, 1.807) is 6.92 Å². The summed E-state index contributed by atoms with van der Waals surface area (Å²) in [6, 6.07) is 0. The van der Waals surface area contributed by atoms with Gasteiger partial charge in [0.05, 0.1) is 6.10 Å². The number of hydroxylamine groups is 1. The van der Waals surface area contributed by atoms with Gasteiger partial charge in [-0.05, 0) is 6.92 Å². The van der Waals surface area contributed by atoms with Crippen molar-refractivity contribution in [3.63, 3.8) is 0 Å². The second kappa shape index (κ2) is 8.60. The van der Waals surface area contributed by atoms with Crippen LogP contribution in [0.4, 0.5) is 0 Å². The van der Waals surface area contributed by atoms with Crippen LogP contribution in [0.25, 0.3) is 0 Å². The molecule has 1 heterocycles. The Bertz CT molecular complexity index is 506. The van der Waals surface area contributed by atoms with Crippen molar-refractivity contribution in [2.45, 2.75) is 65.3 Å². The van der Waals surface area contributed by atoms with Crippen LogP contribution in [0.15, 0.2) is 0 Å². The van der Waals surface area contributed by atoms with Crippen LogP contribution >= 0.6 is 0 Å². The summed E-state index contributed by atoms with van der Waals surface area (Å²) in [5, 5.41) is 0. The third-order valence-corrected chi connectivity index (χ3v) is 2.99. The highest BCUT2D eigenvalue weighted by atomic mass is 16.7. The van der Waals surface area contributed by atoms with Gasteiger partial charge in [-0.1, -0.05) is 0 Å². The van der Waals surface area contributed by atoms with Crippen LogP contribution in [-0.4, -0.2) is 54.5 Å². The van der Waals surface area contributed by atoms with Gasteiger partial charge in [0.1, 0.15) is 0 Å². The van der Waals surface area contributed by atoms with Crippen LogP contribution in [0.2, 0.25) is 0 Å². The molecule has 1 aliphatic rings. The molecule has 0 spiro atoms. The van der Waals surface area contributed by atoms with Gasteiger partial charge in [-0.2, -0.15) is 0 Å². The zero-order valence-corrected chi connectivity index (χ0v) is 14.1. The van der Waals surface area contributed by atoms with E-state index in [0.717, 1.165) is 20.8 Å². The zero-order chi connectivity index (χ0) is 18.4. The molecule has 24 heavy (non-hydrogen) atoms. The highest BCUT2D eigenvalue weighted by molar-refractivity contribution is 5.68. The summed E-state index contributed by atoms with van der Waals surface area (Å²) in [7, 11) is 0. The van der Waals surface area contributed by atoms with Crippen molar-refractivity contribution in [3.8, 4) is 0 Å². The fourth-order valence-electron chi connectivity index (χ4n) is 2.25. The molecule has 5 unspecified atom stereocenters. The SMILES string of the molecule is CC(=O)ONC1OC(C)C(OC(C)=O)C(OC(C)=O)C1OC(C)=O. The Morgan fingerprint density at radius 3 is 1.67 bits per heavy atom. The fourth-order valence-corrected chi connectivity index (χ4v) is 2.25. The summed E-state index contributed by atoms with van der Waals surface area (Å²) in [6.45, 7) is 6.21. The van der Waals surface area contributed by atoms with Crippen molar-refractivity contribution < 1.29 is 43.0 Å². The van der Waals surface area contributed by atoms with Crippen molar-refractivity contribution in [3.05, 3.63) is 0 Å². The van der Waals surface area contributed by atoms with Gasteiger partial charge in [-0.15, -0.1) is 5.48 Å². The van der Waals surface area contributed by atoms with E-state index in [2.05, 4.69) is 10.3 Å². The van der Waals surface area contributed by atoms with Crippen molar-refractivity contribution in [1.29, 1.82) is 0 Å². The average molecular weight is 347 g/mol. The summed E-state index contributed by atoms with van der Waals surface area (Å²) >= 11 is 0. The first-order valence-corrected chi connectivity index (χ1v) is 7.21. The van der Waals surface area contributed by atoms with E-state index in [1.165, 1.54) is 6.92 Å². The minimum Gasteiger partial charge on any atom is -0.456 e. The van der Waals surface area contributed by atoms with E-state index in [0.29, 0.717) is 0 Å². The Morgan fingerprint density at radius 2 is 1.21 bits per heavy atom. The van der Waals surface area contributed by atoms with E-state index in [1.807, 2.05) is 0 Å². The molecule has 0 aliphatic carbocycles. The maximum atomic E-state index is 11.4. The Labute approximate surface area is 138 Å². The van der Waals surface area contributed by atoms with E-state index in [-0.39, 0.29) is 0 Å². The number of carbonyl (C=O) groups excluding carboxylic acids is 4. The molecule has 0 aromatic carbocycles. The number of carbonyl (C=O) groups is 4. The first-order valence-electron chi connectivity index (χ1n) is 7.21. The van der Waals surface area contributed by atoms with Crippen molar-refractivity contribution in [2.75, 3.05) is 0 Å². The molecule has 10 heteroatoms. The highest BCUT2D eigenvalue weighted by Crippen LogP contribution is 2.27. The third kappa shape index (κ3) is 5.78. The molecule has 5 atom stereocenters. The number of hydrogen-bond acceptors (Lipinski definition) is 10. The molecule has 0 aromatic heterocycles. The van der Waals surface area contributed by atoms with E-state index in [9.17, 15) is 19.2 Å². The molecule has 1 rings (SSSR count). The minimum atomic E-state index is -1.20. The van der Waals surface area contributed by atoms with Gasteiger partial charge < -0.3 is 23.8 Å². The molecule has 1 aliphatic heterocycles. The van der Waals surface area contributed by atoms with Crippen LogP contribution in [0.3, 0.4) is 0 Å². The van der Waals surface area contributed by atoms with Crippen molar-refractivity contribution in [2.24, 2.45) is 0 Å². The molecule has 1 N–H and O–H groups in total. The molecule has 136 valence electrons. The molecule has 1 saturated heterocycles.